The molecule has 0 saturated heterocycles. The number of hydrogen-bond acceptors (Lipinski definition) is 2. The van der Waals surface area contributed by atoms with Crippen LogP contribution in [-0.2, 0) is 0 Å². The van der Waals surface area contributed by atoms with Crippen LogP contribution in [0.25, 0.3) is 0 Å². The van der Waals surface area contributed by atoms with Crippen molar-refractivity contribution in [2.75, 3.05) is 5.32 Å². The van der Waals surface area contributed by atoms with Crippen molar-refractivity contribution in [3.8, 4) is 0 Å². The van der Waals surface area contributed by atoms with Gasteiger partial charge in [0.15, 0.2) is 0 Å². The number of benzene rings is 2. The van der Waals surface area contributed by atoms with Crippen LogP contribution in [0.2, 0.25) is 5.02 Å². The molecule has 0 saturated carbocycles. The summed E-state index contributed by atoms with van der Waals surface area (Å²) in [5.41, 5.74) is 7.60. The van der Waals surface area contributed by atoms with Gasteiger partial charge in [0.2, 0.25) is 5.91 Å². The number of rotatable bonds is 4. The highest BCUT2D eigenvalue weighted by Gasteiger charge is 2.10. The summed E-state index contributed by atoms with van der Waals surface area (Å²) in [6, 6.07) is 13.6. The Hall–Kier alpha value is -1.27. The Kier molecular flexibility index (Phi) is 4.88. The lowest BCUT2D eigenvalue weighted by molar-refractivity contribution is 0.100. The first-order valence-electron chi connectivity index (χ1n) is 6.08. The van der Waals surface area contributed by atoms with E-state index in [1.165, 1.54) is 9.13 Å². The number of amides is 1. The summed E-state index contributed by atoms with van der Waals surface area (Å²) in [6.07, 6.45) is 0. The molecule has 2 aromatic carbocycles. The maximum atomic E-state index is 11.3. The average Bonchev–Trinajstić information content (AvgIpc) is 2.41. The van der Waals surface area contributed by atoms with Gasteiger partial charge < -0.3 is 11.1 Å². The van der Waals surface area contributed by atoms with Crippen LogP contribution in [0, 0.1) is 3.57 Å². The Morgan fingerprint density at radius 2 is 1.90 bits per heavy atom. The molecule has 2 aromatic rings. The van der Waals surface area contributed by atoms with Crippen molar-refractivity contribution in [3.05, 3.63) is 62.2 Å². The Bertz CT molecular complexity index is 628. The summed E-state index contributed by atoms with van der Waals surface area (Å²) in [4.78, 5) is 11.3. The summed E-state index contributed by atoms with van der Waals surface area (Å²) in [7, 11) is 0. The van der Waals surface area contributed by atoms with E-state index >= 15 is 0 Å². The highest BCUT2D eigenvalue weighted by Crippen LogP contribution is 2.24. The number of carbonyl (C=O) groups excluding carboxylic acids is 1. The molecule has 0 aromatic heterocycles. The number of hydrogen-bond donors (Lipinski definition) is 2. The van der Waals surface area contributed by atoms with Gasteiger partial charge in [-0.1, -0.05) is 23.7 Å². The molecule has 1 unspecified atom stereocenters. The SMILES string of the molecule is CC(Nc1ccc(Cl)c(C(N)=O)c1)c1ccc(I)cc1. The zero-order chi connectivity index (χ0) is 14.7. The number of anilines is 1. The standard InChI is InChI=1S/C15H14ClIN2O/c1-9(10-2-4-11(17)5-3-10)19-12-6-7-14(16)13(8-12)15(18)20/h2-9,19H,1H3,(H2,18,20). The second kappa shape index (κ2) is 6.45. The minimum absolute atomic E-state index is 0.119. The third kappa shape index (κ3) is 3.64. The van der Waals surface area contributed by atoms with Crippen molar-refractivity contribution >= 4 is 45.8 Å². The number of carbonyl (C=O) groups is 1. The van der Waals surface area contributed by atoms with Gasteiger partial charge in [-0.3, -0.25) is 4.79 Å². The van der Waals surface area contributed by atoms with Crippen LogP contribution >= 0.6 is 34.2 Å². The summed E-state index contributed by atoms with van der Waals surface area (Å²) in [6.45, 7) is 2.06. The molecule has 104 valence electrons. The van der Waals surface area contributed by atoms with Crippen molar-refractivity contribution in [3.63, 3.8) is 0 Å². The van der Waals surface area contributed by atoms with Gasteiger partial charge in [0, 0.05) is 15.3 Å². The first-order chi connectivity index (χ1) is 9.47. The van der Waals surface area contributed by atoms with Crippen LogP contribution in [-0.4, -0.2) is 5.91 Å². The molecule has 20 heavy (non-hydrogen) atoms. The van der Waals surface area contributed by atoms with Crippen LogP contribution in [0.1, 0.15) is 28.9 Å². The monoisotopic (exact) mass is 400 g/mol. The van der Waals surface area contributed by atoms with E-state index in [1.54, 1.807) is 12.1 Å². The third-order valence-corrected chi connectivity index (χ3v) is 4.03. The van der Waals surface area contributed by atoms with E-state index in [9.17, 15) is 4.79 Å². The molecule has 0 bridgehead atoms. The number of nitrogens with one attached hydrogen (secondary N) is 1. The molecule has 0 fully saturated rings. The smallest absolute Gasteiger partial charge is 0.250 e. The van der Waals surface area contributed by atoms with Crippen LogP contribution in [0.4, 0.5) is 5.69 Å². The predicted octanol–water partition coefficient (Wildman–Crippen LogP) is 4.22. The Morgan fingerprint density at radius 3 is 2.50 bits per heavy atom. The van der Waals surface area contributed by atoms with Gasteiger partial charge in [0.1, 0.15) is 0 Å². The fourth-order valence-corrected chi connectivity index (χ4v) is 2.46. The van der Waals surface area contributed by atoms with Gasteiger partial charge in [-0.05, 0) is 65.4 Å². The molecule has 5 heteroatoms. The molecule has 0 heterocycles. The van der Waals surface area contributed by atoms with E-state index < -0.39 is 5.91 Å². The van der Waals surface area contributed by atoms with Crippen LogP contribution < -0.4 is 11.1 Å². The highest BCUT2D eigenvalue weighted by molar-refractivity contribution is 14.1. The summed E-state index contributed by atoms with van der Waals surface area (Å²) in [5, 5.41) is 3.70. The van der Waals surface area contributed by atoms with Crippen molar-refractivity contribution in [2.45, 2.75) is 13.0 Å². The zero-order valence-corrected chi connectivity index (χ0v) is 13.8. The number of primary amides is 1. The lowest BCUT2D eigenvalue weighted by Crippen LogP contribution is -2.13. The molecule has 0 aliphatic heterocycles. The molecule has 0 radical (unpaired) electrons. The molecule has 0 aliphatic carbocycles. The van der Waals surface area contributed by atoms with E-state index in [0.717, 1.165) is 5.69 Å². The molecule has 3 nitrogen and oxygen atoms in total. The normalized spacial score (nSPS) is 11.9. The van der Waals surface area contributed by atoms with E-state index in [0.29, 0.717) is 10.6 Å². The third-order valence-electron chi connectivity index (χ3n) is 2.98. The number of nitrogens with two attached hydrogens (primary N) is 1. The molecule has 3 N–H and O–H groups in total. The largest absolute Gasteiger partial charge is 0.379 e. The lowest BCUT2D eigenvalue weighted by Gasteiger charge is -2.16. The molecule has 2 rings (SSSR count). The molecular formula is C15H14ClIN2O. The summed E-state index contributed by atoms with van der Waals surface area (Å²) < 4.78 is 1.20. The van der Waals surface area contributed by atoms with Crippen LogP contribution in [0.3, 0.4) is 0 Å². The summed E-state index contributed by atoms with van der Waals surface area (Å²) in [5.74, 6) is -0.527. The lowest BCUT2D eigenvalue weighted by atomic mass is 10.1. The Morgan fingerprint density at radius 1 is 1.25 bits per heavy atom. The minimum Gasteiger partial charge on any atom is -0.379 e. The first kappa shape index (κ1) is 15.1. The fraction of sp³-hybridized carbons (Fsp3) is 0.133. The van der Waals surface area contributed by atoms with Gasteiger partial charge in [-0.2, -0.15) is 0 Å². The topological polar surface area (TPSA) is 55.1 Å². The fourth-order valence-electron chi connectivity index (χ4n) is 1.89. The Balaban J connectivity index is 2.19. The molecule has 1 atom stereocenters. The van der Waals surface area contributed by atoms with E-state index in [4.69, 9.17) is 17.3 Å². The van der Waals surface area contributed by atoms with Crippen molar-refractivity contribution in [2.24, 2.45) is 5.73 Å². The van der Waals surface area contributed by atoms with Crippen molar-refractivity contribution in [1.82, 2.24) is 0 Å². The van der Waals surface area contributed by atoms with Gasteiger partial charge in [0.05, 0.1) is 10.6 Å². The first-order valence-corrected chi connectivity index (χ1v) is 7.54. The summed E-state index contributed by atoms with van der Waals surface area (Å²) >= 11 is 8.20. The molecule has 1 amide bonds. The number of halogens is 2. The predicted molar refractivity (Wildman–Crippen MR) is 91.2 cm³/mol. The second-order valence-corrected chi connectivity index (χ2v) is 6.13. The zero-order valence-electron chi connectivity index (χ0n) is 10.9. The van der Waals surface area contributed by atoms with E-state index in [2.05, 4.69) is 59.1 Å². The van der Waals surface area contributed by atoms with E-state index in [-0.39, 0.29) is 6.04 Å². The molecule has 0 aliphatic rings. The van der Waals surface area contributed by atoms with Gasteiger partial charge in [-0.25, -0.2) is 0 Å². The molecular weight excluding hydrogens is 387 g/mol. The Labute approximate surface area is 136 Å². The maximum absolute atomic E-state index is 11.3. The van der Waals surface area contributed by atoms with Gasteiger partial charge in [0.25, 0.3) is 0 Å². The average molecular weight is 401 g/mol. The van der Waals surface area contributed by atoms with Crippen LogP contribution in [0.15, 0.2) is 42.5 Å². The van der Waals surface area contributed by atoms with E-state index in [1.807, 2.05) is 6.07 Å². The van der Waals surface area contributed by atoms with Gasteiger partial charge in [-0.15, -0.1) is 0 Å². The van der Waals surface area contributed by atoms with Gasteiger partial charge >= 0.3 is 0 Å². The highest BCUT2D eigenvalue weighted by atomic mass is 127. The quantitative estimate of drug-likeness (QED) is 0.755. The van der Waals surface area contributed by atoms with Crippen LogP contribution in [0.5, 0.6) is 0 Å². The molecule has 0 spiro atoms. The maximum Gasteiger partial charge on any atom is 0.250 e. The van der Waals surface area contributed by atoms with Crippen molar-refractivity contribution < 1.29 is 4.79 Å². The minimum atomic E-state index is -0.527. The second-order valence-electron chi connectivity index (χ2n) is 4.48. The van der Waals surface area contributed by atoms with Crippen molar-refractivity contribution in [1.29, 1.82) is 0 Å².